The van der Waals surface area contributed by atoms with Gasteiger partial charge in [-0.1, -0.05) is 19.8 Å². The molecule has 2 rings (SSSR count). The SMILES string of the molecule is COc1cc(C)nc(NCC2CCCC2C)n1. The monoisotopic (exact) mass is 235 g/mol. The van der Waals surface area contributed by atoms with Gasteiger partial charge >= 0.3 is 0 Å². The minimum atomic E-state index is 0.625. The Morgan fingerprint density at radius 2 is 2.24 bits per heavy atom. The molecule has 1 aliphatic carbocycles. The third-order valence-electron chi connectivity index (χ3n) is 3.60. The molecule has 2 unspecified atom stereocenters. The van der Waals surface area contributed by atoms with Crippen LogP contribution in [0.1, 0.15) is 31.9 Å². The van der Waals surface area contributed by atoms with E-state index in [-0.39, 0.29) is 0 Å². The van der Waals surface area contributed by atoms with Crippen molar-refractivity contribution in [1.29, 1.82) is 0 Å². The molecular weight excluding hydrogens is 214 g/mol. The van der Waals surface area contributed by atoms with E-state index >= 15 is 0 Å². The van der Waals surface area contributed by atoms with E-state index in [2.05, 4.69) is 22.2 Å². The molecule has 17 heavy (non-hydrogen) atoms. The number of rotatable bonds is 4. The first-order valence-electron chi connectivity index (χ1n) is 6.32. The van der Waals surface area contributed by atoms with Crippen LogP contribution in [0.3, 0.4) is 0 Å². The fourth-order valence-electron chi connectivity index (χ4n) is 2.47. The van der Waals surface area contributed by atoms with Gasteiger partial charge in [0, 0.05) is 18.3 Å². The highest BCUT2D eigenvalue weighted by atomic mass is 16.5. The van der Waals surface area contributed by atoms with Crippen molar-refractivity contribution >= 4 is 5.95 Å². The van der Waals surface area contributed by atoms with E-state index in [1.165, 1.54) is 19.3 Å². The van der Waals surface area contributed by atoms with Crippen LogP contribution in [0, 0.1) is 18.8 Å². The molecule has 0 spiro atoms. The minimum absolute atomic E-state index is 0.625. The van der Waals surface area contributed by atoms with E-state index in [0.717, 1.165) is 24.1 Å². The molecule has 1 aromatic rings. The van der Waals surface area contributed by atoms with Crippen molar-refractivity contribution in [3.63, 3.8) is 0 Å². The summed E-state index contributed by atoms with van der Waals surface area (Å²) >= 11 is 0. The normalized spacial score (nSPS) is 23.7. The van der Waals surface area contributed by atoms with Gasteiger partial charge in [0.25, 0.3) is 0 Å². The number of ether oxygens (including phenoxy) is 1. The Labute approximate surface area is 103 Å². The first kappa shape index (κ1) is 12.1. The van der Waals surface area contributed by atoms with E-state index in [4.69, 9.17) is 4.74 Å². The lowest BCUT2D eigenvalue weighted by Crippen LogP contribution is -2.18. The molecule has 4 nitrogen and oxygen atoms in total. The quantitative estimate of drug-likeness (QED) is 0.871. The van der Waals surface area contributed by atoms with Crippen LogP contribution in [0.25, 0.3) is 0 Å². The molecule has 0 radical (unpaired) electrons. The molecule has 0 bridgehead atoms. The van der Waals surface area contributed by atoms with Crippen LogP contribution in [0.5, 0.6) is 5.88 Å². The maximum Gasteiger partial charge on any atom is 0.226 e. The van der Waals surface area contributed by atoms with Gasteiger partial charge in [-0.15, -0.1) is 0 Å². The molecule has 1 N–H and O–H groups in total. The maximum absolute atomic E-state index is 5.14. The van der Waals surface area contributed by atoms with Gasteiger partial charge < -0.3 is 10.1 Å². The van der Waals surface area contributed by atoms with Gasteiger partial charge in [-0.05, 0) is 25.2 Å². The van der Waals surface area contributed by atoms with Gasteiger partial charge in [0.1, 0.15) is 0 Å². The second-order valence-electron chi connectivity index (χ2n) is 4.92. The second-order valence-corrected chi connectivity index (χ2v) is 4.92. The summed E-state index contributed by atoms with van der Waals surface area (Å²) in [6, 6.07) is 1.84. The lowest BCUT2D eigenvalue weighted by atomic mass is 9.98. The lowest BCUT2D eigenvalue weighted by Gasteiger charge is -2.16. The molecule has 1 heterocycles. The number of nitrogens with one attached hydrogen (secondary N) is 1. The summed E-state index contributed by atoms with van der Waals surface area (Å²) in [5.41, 5.74) is 0.929. The van der Waals surface area contributed by atoms with Crippen molar-refractivity contribution < 1.29 is 4.74 Å². The lowest BCUT2D eigenvalue weighted by molar-refractivity contribution is 0.396. The van der Waals surface area contributed by atoms with Crippen LogP contribution in [0.15, 0.2) is 6.07 Å². The molecular formula is C13H21N3O. The predicted molar refractivity (Wildman–Crippen MR) is 68.3 cm³/mol. The van der Waals surface area contributed by atoms with Gasteiger partial charge in [0.05, 0.1) is 7.11 Å². The highest BCUT2D eigenvalue weighted by Crippen LogP contribution is 2.31. The average molecular weight is 235 g/mol. The smallest absolute Gasteiger partial charge is 0.226 e. The number of hydrogen-bond acceptors (Lipinski definition) is 4. The third-order valence-corrected chi connectivity index (χ3v) is 3.60. The number of nitrogens with zero attached hydrogens (tertiary/aromatic N) is 2. The van der Waals surface area contributed by atoms with Crippen molar-refractivity contribution in [3.05, 3.63) is 11.8 Å². The molecule has 1 aliphatic rings. The first-order valence-corrected chi connectivity index (χ1v) is 6.32. The summed E-state index contributed by atoms with van der Waals surface area (Å²) in [6.07, 6.45) is 4.02. The van der Waals surface area contributed by atoms with Crippen LogP contribution < -0.4 is 10.1 Å². The zero-order chi connectivity index (χ0) is 12.3. The zero-order valence-corrected chi connectivity index (χ0v) is 10.9. The van der Waals surface area contributed by atoms with E-state index in [1.54, 1.807) is 7.11 Å². The Morgan fingerprint density at radius 1 is 1.41 bits per heavy atom. The molecule has 1 saturated carbocycles. The molecule has 1 fully saturated rings. The van der Waals surface area contributed by atoms with E-state index < -0.39 is 0 Å². The number of aromatic nitrogens is 2. The van der Waals surface area contributed by atoms with Gasteiger partial charge in [-0.25, -0.2) is 4.98 Å². The van der Waals surface area contributed by atoms with Crippen LogP contribution in [-0.4, -0.2) is 23.6 Å². The summed E-state index contributed by atoms with van der Waals surface area (Å²) in [7, 11) is 1.63. The summed E-state index contributed by atoms with van der Waals surface area (Å²) in [5.74, 6) is 2.87. The van der Waals surface area contributed by atoms with E-state index in [9.17, 15) is 0 Å². The summed E-state index contributed by atoms with van der Waals surface area (Å²) < 4.78 is 5.14. The van der Waals surface area contributed by atoms with Crippen molar-refractivity contribution in [2.24, 2.45) is 11.8 Å². The number of anilines is 1. The number of hydrogen-bond donors (Lipinski definition) is 1. The first-order chi connectivity index (χ1) is 8.19. The Morgan fingerprint density at radius 3 is 2.88 bits per heavy atom. The standard InChI is InChI=1S/C13H21N3O/c1-9-5-4-6-11(9)8-14-13-15-10(2)7-12(16-13)17-3/h7,9,11H,4-6,8H2,1-3H3,(H,14,15,16). The Bertz CT molecular complexity index is 381. The predicted octanol–water partition coefficient (Wildman–Crippen LogP) is 2.64. The van der Waals surface area contributed by atoms with Gasteiger partial charge in [-0.2, -0.15) is 4.98 Å². The van der Waals surface area contributed by atoms with Crippen molar-refractivity contribution in [1.82, 2.24) is 9.97 Å². The van der Waals surface area contributed by atoms with Crippen LogP contribution in [0.4, 0.5) is 5.95 Å². The van der Waals surface area contributed by atoms with Crippen molar-refractivity contribution in [2.45, 2.75) is 33.1 Å². The highest BCUT2D eigenvalue weighted by Gasteiger charge is 2.23. The van der Waals surface area contributed by atoms with Gasteiger partial charge in [0.15, 0.2) is 0 Å². The largest absolute Gasteiger partial charge is 0.481 e. The summed E-state index contributed by atoms with van der Waals surface area (Å²) in [4.78, 5) is 8.66. The second kappa shape index (κ2) is 5.34. The van der Waals surface area contributed by atoms with Crippen LogP contribution in [-0.2, 0) is 0 Å². The van der Waals surface area contributed by atoms with E-state index in [1.807, 2.05) is 13.0 Å². The molecule has 1 aromatic heterocycles. The summed E-state index contributed by atoms with van der Waals surface area (Å²) in [5, 5.41) is 3.33. The highest BCUT2D eigenvalue weighted by molar-refractivity contribution is 5.30. The van der Waals surface area contributed by atoms with Crippen molar-refractivity contribution in [3.8, 4) is 5.88 Å². The molecule has 0 aliphatic heterocycles. The molecule has 94 valence electrons. The Kier molecular flexibility index (Phi) is 3.82. The maximum atomic E-state index is 5.14. The average Bonchev–Trinajstić information content (AvgIpc) is 2.71. The van der Waals surface area contributed by atoms with Crippen LogP contribution in [0.2, 0.25) is 0 Å². The zero-order valence-electron chi connectivity index (χ0n) is 10.9. The van der Waals surface area contributed by atoms with Crippen molar-refractivity contribution in [2.75, 3.05) is 19.0 Å². The molecule has 0 amide bonds. The minimum Gasteiger partial charge on any atom is -0.481 e. The summed E-state index contributed by atoms with van der Waals surface area (Å²) in [6.45, 7) is 5.25. The Balaban J connectivity index is 1.96. The molecule has 0 aromatic carbocycles. The Hall–Kier alpha value is -1.32. The number of aryl methyl sites for hydroxylation is 1. The molecule has 2 atom stereocenters. The third kappa shape index (κ3) is 3.08. The van der Waals surface area contributed by atoms with Gasteiger partial charge in [-0.3, -0.25) is 0 Å². The fourth-order valence-corrected chi connectivity index (χ4v) is 2.47. The topological polar surface area (TPSA) is 47.0 Å². The van der Waals surface area contributed by atoms with Gasteiger partial charge in [0.2, 0.25) is 11.8 Å². The fraction of sp³-hybridized carbons (Fsp3) is 0.692. The number of methoxy groups -OCH3 is 1. The molecule has 0 saturated heterocycles. The molecule has 4 heteroatoms. The van der Waals surface area contributed by atoms with E-state index in [0.29, 0.717) is 11.8 Å². The van der Waals surface area contributed by atoms with Crippen LogP contribution >= 0.6 is 0 Å².